The molecule has 0 rings (SSSR count). The van der Waals surface area contributed by atoms with Crippen LogP contribution in [0.5, 0.6) is 0 Å². The molecule has 2 nitrogen and oxygen atoms in total. The van der Waals surface area contributed by atoms with Crippen LogP contribution < -0.4 is 5.32 Å². The van der Waals surface area contributed by atoms with E-state index in [1.54, 1.807) is 7.11 Å². The van der Waals surface area contributed by atoms with Crippen molar-refractivity contribution < 1.29 is 4.74 Å². The van der Waals surface area contributed by atoms with Gasteiger partial charge >= 0.3 is 0 Å². The fourth-order valence-corrected chi connectivity index (χ4v) is 0.959. The minimum atomic E-state index is 0.584. The first-order valence-corrected chi connectivity index (χ1v) is 4.43. The number of nitrogens with one attached hydrogen (secondary N) is 1. The van der Waals surface area contributed by atoms with E-state index in [2.05, 4.69) is 26.1 Å². The zero-order valence-electron chi connectivity index (χ0n) is 8.18. The number of rotatable bonds is 6. The number of hydrogen-bond acceptors (Lipinski definition) is 2. The second kappa shape index (κ2) is 6.62. The maximum Gasteiger partial charge on any atom is 0.0502 e. The van der Waals surface area contributed by atoms with Gasteiger partial charge in [0.05, 0.1) is 6.61 Å². The van der Waals surface area contributed by atoms with E-state index < -0.39 is 0 Å². The van der Waals surface area contributed by atoms with Crippen LogP contribution in [0.25, 0.3) is 0 Å². The van der Waals surface area contributed by atoms with Crippen LogP contribution in [0.4, 0.5) is 0 Å². The van der Waals surface area contributed by atoms with Gasteiger partial charge < -0.3 is 10.1 Å². The van der Waals surface area contributed by atoms with Crippen molar-refractivity contribution in [3.05, 3.63) is 0 Å². The van der Waals surface area contributed by atoms with Gasteiger partial charge in [-0.25, -0.2) is 0 Å². The third kappa shape index (κ3) is 6.32. The molecule has 1 unspecified atom stereocenters. The predicted molar refractivity (Wildman–Crippen MR) is 48.8 cm³/mol. The standard InChI is InChI=1S/C9H21NO/c1-5-9(7-11-4)6-10-8(2)3/h8-10H,5-7H2,1-4H3. The lowest BCUT2D eigenvalue weighted by atomic mass is 10.1. The van der Waals surface area contributed by atoms with Crippen LogP contribution in [0.3, 0.4) is 0 Å². The molecule has 0 saturated carbocycles. The molecule has 0 radical (unpaired) electrons. The van der Waals surface area contributed by atoms with E-state index >= 15 is 0 Å². The molecule has 0 spiro atoms. The fraction of sp³-hybridized carbons (Fsp3) is 1.00. The van der Waals surface area contributed by atoms with Crippen molar-refractivity contribution in [1.82, 2.24) is 5.32 Å². The molecule has 1 N–H and O–H groups in total. The maximum atomic E-state index is 5.09. The van der Waals surface area contributed by atoms with Gasteiger partial charge in [0.15, 0.2) is 0 Å². The Morgan fingerprint density at radius 3 is 2.36 bits per heavy atom. The van der Waals surface area contributed by atoms with Gasteiger partial charge in [-0.05, 0) is 12.3 Å². The monoisotopic (exact) mass is 159 g/mol. The van der Waals surface area contributed by atoms with E-state index in [1.165, 1.54) is 6.42 Å². The summed E-state index contributed by atoms with van der Waals surface area (Å²) >= 11 is 0. The Labute approximate surface area is 70.3 Å². The molecule has 0 aromatic heterocycles. The summed E-state index contributed by atoms with van der Waals surface area (Å²) in [4.78, 5) is 0. The Hall–Kier alpha value is -0.0800. The van der Waals surface area contributed by atoms with Gasteiger partial charge in [0.2, 0.25) is 0 Å². The third-order valence-corrected chi connectivity index (χ3v) is 1.79. The van der Waals surface area contributed by atoms with E-state index in [0.29, 0.717) is 12.0 Å². The number of ether oxygens (including phenoxy) is 1. The van der Waals surface area contributed by atoms with E-state index in [-0.39, 0.29) is 0 Å². The highest BCUT2D eigenvalue weighted by Gasteiger charge is 2.05. The van der Waals surface area contributed by atoms with Crippen LogP contribution in [0.15, 0.2) is 0 Å². The molecule has 68 valence electrons. The summed E-state index contributed by atoms with van der Waals surface area (Å²) in [7, 11) is 1.76. The number of methoxy groups -OCH3 is 1. The summed E-state index contributed by atoms with van der Waals surface area (Å²) in [5, 5.41) is 3.40. The first-order chi connectivity index (χ1) is 5.20. The molecule has 2 heteroatoms. The largest absolute Gasteiger partial charge is 0.384 e. The predicted octanol–water partition coefficient (Wildman–Crippen LogP) is 1.66. The zero-order valence-corrected chi connectivity index (χ0v) is 8.18. The third-order valence-electron chi connectivity index (χ3n) is 1.79. The lowest BCUT2D eigenvalue weighted by molar-refractivity contribution is 0.148. The summed E-state index contributed by atoms with van der Waals surface area (Å²) in [5.41, 5.74) is 0. The normalized spacial score (nSPS) is 13.9. The second-order valence-corrected chi connectivity index (χ2v) is 3.29. The molecule has 0 amide bonds. The summed E-state index contributed by atoms with van der Waals surface area (Å²) in [6, 6.07) is 0.584. The molecular formula is C9H21NO. The zero-order chi connectivity index (χ0) is 8.69. The van der Waals surface area contributed by atoms with Crippen molar-refractivity contribution in [1.29, 1.82) is 0 Å². The summed E-state index contributed by atoms with van der Waals surface area (Å²) in [5.74, 6) is 0.669. The topological polar surface area (TPSA) is 21.3 Å². The minimum Gasteiger partial charge on any atom is -0.384 e. The molecule has 1 atom stereocenters. The highest BCUT2D eigenvalue weighted by molar-refractivity contribution is 4.61. The number of hydrogen-bond donors (Lipinski definition) is 1. The van der Waals surface area contributed by atoms with Crippen LogP contribution in [-0.4, -0.2) is 26.3 Å². The first kappa shape index (κ1) is 10.9. The Kier molecular flexibility index (Phi) is 6.57. The Morgan fingerprint density at radius 2 is 2.00 bits per heavy atom. The van der Waals surface area contributed by atoms with Crippen molar-refractivity contribution in [2.24, 2.45) is 5.92 Å². The van der Waals surface area contributed by atoms with Crippen LogP contribution in [0.2, 0.25) is 0 Å². The van der Waals surface area contributed by atoms with E-state index in [0.717, 1.165) is 13.2 Å². The van der Waals surface area contributed by atoms with Crippen molar-refractivity contribution in [2.75, 3.05) is 20.3 Å². The first-order valence-electron chi connectivity index (χ1n) is 4.43. The molecular weight excluding hydrogens is 138 g/mol. The highest BCUT2D eigenvalue weighted by atomic mass is 16.5. The van der Waals surface area contributed by atoms with Gasteiger partial charge in [0.1, 0.15) is 0 Å². The van der Waals surface area contributed by atoms with Gasteiger partial charge in [-0.3, -0.25) is 0 Å². The fourth-order valence-electron chi connectivity index (χ4n) is 0.959. The summed E-state index contributed by atoms with van der Waals surface area (Å²) in [6.45, 7) is 8.48. The van der Waals surface area contributed by atoms with Crippen LogP contribution in [0, 0.1) is 5.92 Å². The Balaban J connectivity index is 3.35. The lowest BCUT2D eigenvalue weighted by Crippen LogP contribution is -2.30. The van der Waals surface area contributed by atoms with Crippen molar-refractivity contribution >= 4 is 0 Å². The van der Waals surface area contributed by atoms with E-state index in [1.807, 2.05) is 0 Å². The molecule has 11 heavy (non-hydrogen) atoms. The maximum absolute atomic E-state index is 5.09. The van der Waals surface area contributed by atoms with Crippen molar-refractivity contribution in [3.63, 3.8) is 0 Å². The quantitative estimate of drug-likeness (QED) is 0.636. The molecule has 0 aromatic rings. The van der Waals surface area contributed by atoms with Gasteiger partial charge in [-0.1, -0.05) is 20.8 Å². The molecule has 0 aliphatic carbocycles. The second-order valence-electron chi connectivity index (χ2n) is 3.29. The van der Waals surface area contributed by atoms with Gasteiger partial charge in [-0.2, -0.15) is 0 Å². The summed E-state index contributed by atoms with van der Waals surface area (Å²) < 4.78 is 5.09. The van der Waals surface area contributed by atoms with Gasteiger partial charge in [0.25, 0.3) is 0 Å². The Morgan fingerprint density at radius 1 is 1.36 bits per heavy atom. The van der Waals surface area contributed by atoms with Crippen LogP contribution in [-0.2, 0) is 4.74 Å². The molecule has 0 bridgehead atoms. The molecule has 0 heterocycles. The molecule has 0 aliphatic heterocycles. The minimum absolute atomic E-state index is 0.584. The average molecular weight is 159 g/mol. The van der Waals surface area contributed by atoms with Crippen molar-refractivity contribution in [3.8, 4) is 0 Å². The lowest BCUT2D eigenvalue weighted by Gasteiger charge is -2.16. The molecule has 0 aromatic carbocycles. The Bertz CT molecular complexity index is 83.6. The van der Waals surface area contributed by atoms with Gasteiger partial charge in [0, 0.05) is 19.7 Å². The summed E-state index contributed by atoms with van der Waals surface area (Å²) in [6.07, 6.45) is 1.19. The van der Waals surface area contributed by atoms with E-state index in [9.17, 15) is 0 Å². The van der Waals surface area contributed by atoms with E-state index in [4.69, 9.17) is 4.74 Å². The molecule has 0 aliphatic rings. The van der Waals surface area contributed by atoms with Crippen molar-refractivity contribution in [2.45, 2.75) is 33.2 Å². The highest BCUT2D eigenvalue weighted by Crippen LogP contribution is 2.00. The smallest absolute Gasteiger partial charge is 0.0502 e. The molecule has 0 fully saturated rings. The average Bonchev–Trinajstić information content (AvgIpc) is 1.97. The van der Waals surface area contributed by atoms with Crippen LogP contribution >= 0.6 is 0 Å². The SMILES string of the molecule is CCC(CNC(C)C)COC. The van der Waals surface area contributed by atoms with Gasteiger partial charge in [-0.15, -0.1) is 0 Å². The molecule has 0 saturated heterocycles. The van der Waals surface area contributed by atoms with Crippen LogP contribution in [0.1, 0.15) is 27.2 Å².